The van der Waals surface area contributed by atoms with E-state index in [4.69, 9.17) is 33.2 Å². The van der Waals surface area contributed by atoms with Crippen LogP contribution in [-0.4, -0.2) is 72.0 Å². The molecule has 0 saturated heterocycles. The molecule has 4 aromatic carbocycles. The molecule has 260 valence electrons. The normalized spacial score (nSPS) is 18.0. The Bertz CT molecular complexity index is 2010. The van der Waals surface area contributed by atoms with Crippen molar-refractivity contribution in [3.05, 3.63) is 104 Å². The summed E-state index contributed by atoms with van der Waals surface area (Å²) in [6.45, 7) is 4.33. The smallest absolute Gasteiger partial charge is 0.338 e. The van der Waals surface area contributed by atoms with Gasteiger partial charge in [-0.25, -0.2) is 4.79 Å². The first-order valence-electron chi connectivity index (χ1n) is 16.3. The average Bonchev–Trinajstić information content (AvgIpc) is 3.88. The summed E-state index contributed by atoms with van der Waals surface area (Å²) in [4.78, 5) is 13.4. The van der Waals surface area contributed by atoms with Gasteiger partial charge in [0, 0.05) is 10.4 Å². The summed E-state index contributed by atoms with van der Waals surface area (Å²) in [5, 5.41) is 15.8. The molecule has 0 saturated carbocycles. The third kappa shape index (κ3) is 8.68. The number of rotatable bonds is 3. The highest BCUT2D eigenvalue weighted by Gasteiger charge is 2.17. The number of carbonyl (C=O) groups excluding carboxylic acids is 1. The molecule has 0 amide bonds. The predicted octanol–water partition coefficient (Wildman–Crippen LogP) is 7.22. The zero-order valence-corrected chi connectivity index (χ0v) is 30.5. The van der Waals surface area contributed by atoms with Gasteiger partial charge in [-0.15, -0.1) is 0 Å². The number of esters is 1. The lowest BCUT2D eigenvalue weighted by molar-refractivity contribution is -0.00842. The highest BCUT2D eigenvalue weighted by molar-refractivity contribution is 8.35. The van der Waals surface area contributed by atoms with Gasteiger partial charge in [-0.2, -0.15) is 0 Å². The Balaban J connectivity index is 1.12. The molecule has 0 N–H and O–H groups in total. The van der Waals surface area contributed by atoms with E-state index in [9.17, 15) is 4.79 Å². The van der Waals surface area contributed by atoms with E-state index >= 15 is 0 Å². The molecule has 0 bridgehead atoms. The van der Waals surface area contributed by atoms with Gasteiger partial charge in [-0.3, -0.25) is 0 Å². The van der Waals surface area contributed by atoms with E-state index in [2.05, 4.69) is 64.1 Å². The van der Waals surface area contributed by atoms with Crippen molar-refractivity contribution in [2.75, 3.05) is 66.1 Å². The van der Waals surface area contributed by atoms with Crippen molar-refractivity contribution in [1.82, 2.24) is 0 Å². The van der Waals surface area contributed by atoms with Gasteiger partial charge in [0.1, 0.15) is 19.8 Å². The van der Waals surface area contributed by atoms with Crippen molar-refractivity contribution in [2.45, 2.75) is 6.61 Å². The minimum Gasteiger partial charge on any atom is -0.487 e. The molecule has 3 aliphatic rings. The molecular weight excluding hydrogens is 713 g/mol. The van der Waals surface area contributed by atoms with E-state index in [1.54, 1.807) is 65.2 Å². The second-order valence-corrected chi connectivity index (χ2v) is 15.3. The Hall–Kier alpha value is -3.07. The van der Waals surface area contributed by atoms with Crippen molar-refractivity contribution >= 4 is 83.0 Å². The molecule has 8 nitrogen and oxygen atoms in total. The summed E-state index contributed by atoms with van der Waals surface area (Å²) in [5.74, 6) is 0.496. The van der Waals surface area contributed by atoms with E-state index in [0.717, 1.165) is 10.9 Å². The molecule has 0 fully saturated rings. The van der Waals surface area contributed by atoms with Crippen molar-refractivity contribution in [3.63, 3.8) is 0 Å². The highest BCUT2D eigenvalue weighted by Crippen LogP contribution is 2.41. The monoisotopic (exact) mass is 748 g/mol. The molecule has 0 unspecified atom stereocenters. The fraction of sp³-hybridized carbons (Fsp3) is 0.289. The molecule has 3 heterocycles. The van der Waals surface area contributed by atoms with Crippen LogP contribution in [0.1, 0.15) is 15.9 Å². The van der Waals surface area contributed by atoms with Crippen LogP contribution in [0.2, 0.25) is 0 Å². The first-order valence-corrected chi connectivity index (χ1v) is 19.8. The molecule has 12 heteroatoms. The molecule has 0 spiro atoms. The molecular formula is C38H36O8S4. The predicted molar refractivity (Wildman–Crippen MR) is 206 cm³/mol. The van der Waals surface area contributed by atoms with E-state index < -0.39 is 5.97 Å². The third-order valence-corrected chi connectivity index (χ3v) is 12.2. The van der Waals surface area contributed by atoms with Crippen LogP contribution < -0.4 is 19.9 Å². The zero-order chi connectivity index (χ0) is 34.0. The SMILES string of the molecule is O=C(OCc1ccc2c(=C3SC=CS3)c3ccccc3c(=C3SC=CS3)c2c1)c1ccc2c(c1)OCCOCCOCCOCCOCCO2. The lowest BCUT2D eigenvalue weighted by Crippen LogP contribution is -2.17. The fourth-order valence-electron chi connectivity index (χ4n) is 5.69. The van der Waals surface area contributed by atoms with E-state index in [1.165, 1.54) is 35.1 Å². The summed E-state index contributed by atoms with van der Waals surface area (Å²) in [6, 6.07) is 20.1. The molecule has 0 aromatic heterocycles. The number of fused-ring (bicyclic) bond motifs is 3. The number of hydrogen-bond donors (Lipinski definition) is 0. The molecule has 0 atom stereocenters. The maximum atomic E-state index is 13.4. The minimum absolute atomic E-state index is 0.122. The van der Waals surface area contributed by atoms with E-state index in [0.29, 0.717) is 76.5 Å². The Morgan fingerprint density at radius 2 is 1.04 bits per heavy atom. The van der Waals surface area contributed by atoms with Gasteiger partial charge in [0.15, 0.2) is 11.5 Å². The topological polar surface area (TPSA) is 81.7 Å². The minimum atomic E-state index is -0.451. The van der Waals surface area contributed by atoms with Crippen LogP contribution in [0.5, 0.6) is 11.5 Å². The van der Waals surface area contributed by atoms with Crippen LogP contribution in [0.15, 0.2) is 82.3 Å². The first-order chi connectivity index (χ1) is 24.8. The molecule has 0 aliphatic carbocycles. The molecule has 3 aliphatic heterocycles. The second kappa shape index (κ2) is 17.9. The number of hydrogen-bond acceptors (Lipinski definition) is 12. The van der Waals surface area contributed by atoms with Gasteiger partial charge in [0.2, 0.25) is 0 Å². The van der Waals surface area contributed by atoms with Crippen LogP contribution in [-0.2, 0) is 30.3 Å². The largest absolute Gasteiger partial charge is 0.487 e. The second-order valence-electron chi connectivity index (χ2n) is 11.2. The van der Waals surface area contributed by atoms with Crippen LogP contribution in [0.3, 0.4) is 0 Å². The standard InChI is InChI=1S/C38H36O8S4/c39-36(27-6-8-32-33(24-27)45-18-16-43-14-12-41-10-9-40-11-13-42-15-17-44-32)46-25-26-5-7-30-31(23-26)35(38-49-21-22-50-38)29-4-2-1-3-28(29)34(30)37-47-19-20-48-37/h1-8,19-24H,9-18,25H2. The van der Waals surface area contributed by atoms with Gasteiger partial charge in [0.05, 0.1) is 66.9 Å². The van der Waals surface area contributed by atoms with Gasteiger partial charge < -0.3 is 33.2 Å². The quantitative estimate of drug-likeness (QED) is 0.157. The van der Waals surface area contributed by atoms with Crippen molar-refractivity contribution in [2.24, 2.45) is 0 Å². The van der Waals surface area contributed by atoms with Gasteiger partial charge >= 0.3 is 5.97 Å². The summed E-state index contributed by atoms with van der Waals surface area (Å²) in [7, 11) is 0. The van der Waals surface area contributed by atoms with E-state index in [1.807, 2.05) is 0 Å². The first kappa shape index (κ1) is 35.3. The number of carbonyl (C=O) groups is 1. The zero-order valence-electron chi connectivity index (χ0n) is 27.3. The van der Waals surface area contributed by atoms with Crippen LogP contribution in [0, 0.1) is 0 Å². The average molecular weight is 749 g/mol. The van der Waals surface area contributed by atoms with Crippen molar-refractivity contribution in [3.8, 4) is 11.5 Å². The Morgan fingerprint density at radius 1 is 0.540 bits per heavy atom. The van der Waals surface area contributed by atoms with Crippen LogP contribution in [0.4, 0.5) is 0 Å². The highest BCUT2D eigenvalue weighted by atomic mass is 32.2. The van der Waals surface area contributed by atoms with Crippen LogP contribution in [0.25, 0.3) is 30.0 Å². The number of benzene rings is 4. The van der Waals surface area contributed by atoms with Crippen LogP contribution >= 0.6 is 47.0 Å². The summed E-state index contributed by atoms with van der Waals surface area (Å²) in [5.41, 5.74) is 1.28. The van der Waals surface area contributed by atoms with E-state index in [-0.39, 0.29) is 13.2 Å². The Labute approximate surface area is 307 Å². The van der Waals surface area contributed by atoms with Crippen molar-refractivity contribution < 1.29 is 38.0 Å². The lowest BCUT2D eigenvalue weighted by Gasteiger charge is -2.15. The van der Waals surface area contributed by atoms with Gasteiger partial charge in [-0.05, 0) is 73.0 Å². The summed E-state index contributed by atoms with van der Waals surface area (Å²) < 4.78 is 42.6. The summed E-state index contributed by atoms with van der Waals surface area (Å²) in [6.07, 6.45) is 0. The molecule has 7 rings (SSSR count). The number of ether oxygens (including phenoxy) is 7. The van der Waals surface area contributed by atoms with Gasteiger partial charge in [-0.1, -0.05) is 83.4 Å². The third-order valence-electron chi connectivity index (χ3n) is 7.94. The van der Waals surface area contributed by atoms with Crippen molar-refractivity contribution in [1.29, 1.82) is 0 Å². The fourth-order valence-corrected chi connectivity index (χ4v) is 9.53. The Morgan fingerprint density at radius 3 is 1.62 bits per heavy atom. The molecule has 4 aromatic rings. The number of thioether (sulfide) groups is 4. The molecule has 0 radical (unpaired) electrons. The molecule has 50 heavy (non-hydrogen) atoms. The maximum Gasteiger partial charge on any atom is 0.338 e. The summed E-state index contributed by atoms with van der Waals surface area (Å²) >= 11 is 7.01. The lowest BCUT2D eigenvalue weighted by atomic mass is 9.97. The Kier molecular flexibility index (Phi) is 12.7. The maximum absolute atomic E-state index is 13.4. The van der Waals surface area contributed by atoms with Gasteiger partial charge in [0.25, 0.3) is 0 Å².